The predicted molar refractivity (Wildman–Crippen MR) is 66.3 cm³/mol. The highest BCUT2D eigenvalue weighted by molar-refractivity contribution is 5.94. The van der Waals surface area contributed by atoms with Crippen molar-refractivity contribution in [1.82, 2.24) is 4.98 Å². The average molecular weight is 264 g/mol. The zero-order valence-corrected chi connectivity index (χ0v) is 10.1. The molecule has 1 aliphatic rings. The summed E-state index contributed by atoms with van der Waals surface area (Å²) in [5, 5.41) is 10.5. The number of ether oxygens (including phenoxy) is 1. The van der Waals surface area contributed by atoms with E-state index in [0.29, 0.717) is 16.8 Å². The van der Waals surface area contributed by atoms with Gasteiger partial charge in [-0.15, -0.1) is 12.4 Å². The van der Waals surface area contributed by atoms with E-state index < -0.39 is 11.8 Å². The Bertz CT molecular complexity index is 588. The number of aliphatic hydroxyl groups is 1. The Balaban J connectivity index is 0.00000120. The second-order valence-corrected chi connectivity index (χ2v) is 3.79. The van der Waals surface area contributed by atoms with Crippen LogP contribution in [0.25, 0.3) is 0 Å². The fraction of sp³-hybridized carbons (Fsp3) is 0.0769. The Hall–Kier alpha value is -1.91. The van der Waals surface area contributed by atoms with Crippen molar-refractivity contribution in [3.8, 4) is 0 Å². The van der Waals surface area contributed by atoms with Crippen LogP contribution in [0.3, 0.4) is 0 Å². The van der Waals surface area contributed by atoms with Crippen LogP contribution in [0.2, 0.25) is 0 Å². The fourth-order valence-corrected chi connectivity index (χ4v) is 1.95. The number of cyclic esters (lactones) is 1. The second-order valence-electron chi connectivity index (χ2n) is 3.79. The van der Waals surface area contributed by atoms with Crippen molar-refractivity contribution < 1.29 is 14.6 Å². The summed E-state index contributed by atoms with van der Waals surface area (Å²) in [7, 11) is 0. The fourth-order valence-electron chi connectivity index (χ4n) is 1.95. The first kappa shape index (κ1) is 12.5. The minimum atomic E-state index is -1.77. The zero-order chi connectivity index (χ0) is 11.9. The summed E-state index contributed by atoms with van der Waals surface area (Å²) in [4.78, 5) is 15.7. The Labute approximate surface area is 110 Å². The molecule has 2 heterocycles. The van der Waals surface area contributed by atoms with Crippen molar-refractivity contribution in [3.05, 3.63) is 65.5 Å². The maximum atomic E-state index is 11.6. The maximum absolute atomic E-state index is 11.6. The van der Waals surface area contributed by atoms with Crippen molar-refractivity contribution in [3.63, 3.8) is 0 Å². The molecule has 0 amide bonds. The first-order valence-corrected chi connectivity index (χ1v) is 5.18. The summed E-state index contributed by atoms with van der Waals surface area (Å²) in [6, 6.07) is 11.8. The zero-order valence-electron chi connectivity index (χ0n) is 9.24. The van der Waals surface area contributed by atoms with Crippen LogP contribution in [0, 0.1) is 0 Å². The normalized spacial score (nSPS) is 20.8. The van der Waals surface area contributed by atoms with Gasteiger partial charge in [-0.3, -0.25) is 4.98 Å². The van der Waals surface area contributed by atoms with Gasteiger partial charge in [-0.2, -0.15) is 0 Å². The molecule has 1 atom stereocenters. The first-order valence-electron chi connectivity index (χ1n) is 5.18. The summed E-state index contributed by atoms with van der Waals surface area (Å²) >= 11 is 0. The minimum Gasteiger partial charge on any atom is -0.419 e. The largest absolute Gasteiger partial charge is 0.419 e. The molecule has 0 spiro atoms. The molecular weight excluding hydrogens is 254 g/mol. The number of aromatic nitrogens is 1. The molecule has 4 nitrogen and oxygen atoms in total. The maximum Gasteiger partial charge on any atom is 0.341 e. The van der Waals surface area contributed by atoms with E-state index in [-0.39, 0.29) is 12.4 Å². The lowest BCUT2D eigenvalue weighted by molar-refractivity contribution is -0.132. The number of rotatable bonds is 1. The van der Waals surface area contributed by atoms with Gasteiger partial charge in [-0.1, -0.05) is 24.3 Å². The highest BCUT2D eigenvalue weighted by atomic mass is 35.5. The Morgan fingerprint density at radius 2 is 1.83 bits per heavy atom. The summed E-state index contributed by atoms with van der Waals surface area (Å²) in [6.45, 7) is 0. The van der Waals surface area contributed by atoms with E-state index in [1.165, 1.54) is 0 Å². The molecule has 18 heavy (non-hydrogen) atoms. The summed E-state index contributed by atoms with van der Waals surface area (Å²) in [5.41, 5.74) is 1.11. The van der Waals surface area contributed by atoms with Gasteiger partial charge < -0.3 is 9.84 Å². The minimum absolute atomic E-state index is 0. The number of pyridine rings is 1. The Morgan fingerprint density at radius 1 is 1.11 bits per heavy atom. The molecule has 1 N–H and O–H groups in total. The SMILES string of the molecule is Cl.O=C1OC(O)(c2ccccn2)c2ccccc21. The van der Waals surface area contributed by atoms with Gasteiger partial charge in [0, 0.05) is 11.8 Å². The molecule has 0 bridgehead atoms. The van der Waals surface area contributed by atoms with Gasteiger partial charge >= 0.3 is 5.97 Å². The van der Waals surface area contributed by atoms with E-state index in [4.69, 9.17) is 4.74 Å². The van der Waals surface area contributed by atoms with E-state index in [1.54, 1.807) is 48.7 Å². The van der Waals surface area contributed by atoms with Gasteiger partial charge in [0.25, 0.3) is 5.79 Å². The van der Waals surface area contributed by atoms with Crippen LogP contribution in [-0.2, 0) is 10.5 Å². The van der Waals surface area contributed by atoms with Crippen molar-refractivity contribution in [2.45, 2.75) is 5.79 Å². The van der Waals surface area contributed by atoms with Crippen LogP contribution >= 0.6 is 12.4 Å². The number of hydrogen-bond donors (Lipinski definition) is 1. The van der Waals surface area contributed by atoms with Crippen LogP contribution in [0.1, 0.15) is 21.6 Å². The predicted octanol–water partition coefficient (Wildman–Crippen LogP) is 1.87. The standard InChI is InChI=1S/C13H9NO3.ClH/c15-12-9-5-1-2-6-10(9)13(16,17-12)11-7-3-4-8-14-11;/h1-8,16H;1H. The smallest absolute Gasteiger partial charge is 0.341 e. The van der Waals surface area contributed by atoms with Crippen molar-refractivity contribution in [1.29, 1.82) is 0 Å². The van der Waals surface area contributed by atoms with Crippen LogP contribution < -0.4 is 0 Å². The van der Waals surface area contributed by atoms with E-state index in [2.05, 4.69) is 4.98 Å². The third-order valence-corrected chi connectivity index (χ3v) is 2.76. The molecule has 1 aromatic carbocycles. The lowest BCUT2D eigenvalue weighted by Crippen LogP contribution is -2.28. The molecule has 0 saturated carbocycles. The van der Waals surface area contributed by atoms with Crippen molar-refractivity contribution in [2.75, 3.05) is 0 Å². The van der Waals surface area contributed by atoms with E-state index in [9.17, 15) is 9.90 Å². The lowest BCUT2D eigenvalue weighted by atomic mass is 9.99. The summed E-state index contributed by atoms with van der Waals surface area (Å²) in [6.07, 6.45) is 1.54. The monoisotopic (exact) mass is 263 g/mol. The molecule has 92 valence electrons. The van der Waals surface area contributed by atoms with E-state index >= 15 is 0 Å². The number of esters is 1. The quantitative estimate of drug-likeness (QED) is 0.798. The highest BCUT2D eigenvalue weighted by Crippen LogP contribution is 2.38. The van der Waals surface area contributed by atoms with Crippen molar-refractivity contribution in [2.24, 2.45) is 0 Å². The van der Waals surface area contributed by atoms with Gasteiger partial charge in [-0.05, 0) is 18.2 Å². The van der Waals surface area contributed by atoms with Gasteiger partial charge in [0.1, 0.15) is 5.69 Å². The Morgan fingerprint density at radius 3 is 2.56 bits per heavy atom. The molecule has 0 fully saturated rings. The number of carbonyl (C=O) groups excluding carboxylic acids is 1. The van der Waals surface area contributed by atoms with Gasteiger partial charge in [0.05, 0.1) is 5.56 Å². The van der Waals surface area contributed by atoms with Gasteiger partial charge in [0.2, 0.25) is 0 Å². The first-order chi connectivity index (χ1) is 8.22. The molecule has 0 saturated heterocycles. The van der Waals surface area contributed by atoms with Gasteiger partial charge in [-0.25, -0.2) is 4.79 Å². The molecule has 1 unspecified atom stereocenters. The molecule has 0 radical (unpaired) electrons. The molecule has 0 aliphatic carbocycles. The second kappa shape index (κ2) is 4.40. The number of halogens is 1. The third-order valence-electron chi connectivity index (χ3n) is 2.76. The van der Waals surface area contributed by atoms with Crippen LogP contribution in [-0.4, -0.2) is 16.1 Å². The number of carbonyl (C=O) groups is 1. The number of benzene rings is 1. The topological polar surface area (TPSA) is 59.4 Å². The van der Waals surface area contributed by atoms with E-state index in [0.717, 1.165) is 0 Å². The molecule has 2 aromatic rings. The number of nitrogens with zero attached hydrogens (tertiary/aromatic N) is 1. The molecule has 5 heteroatoms. The third kappa shape index (κ3) is 1.66. The Kier molecular flexibility index (Phi) is 3.07. The van der Waals surface area contributed by atoms with E-state index in [1.807, 2.05) is 0 Å². The van der Waals surface area contributed by atoms with Crippen molar-refractivity contribution >= 4 is 18.4 Å². The summed E-state index contributed by atoms with van der Waals surface area (Å²) in [5.74, 6) is -2.30. The number of fused-ring (bicyclic) bond motifs is 1. The van der Waals surface area contributed by atoms with Gasteiger partial charge in [0.15, 0.2) is 0 Å². The lowest BCUT2D eigenvalue weighted by Gasteiger charge is -2.21. The van der Waals surface area contributed by atoms with Crippen LogP contribution in [0.5, 0.6) is 0 Å². The van der Waals surface area contributed by atoms with Crippen LogP contribution in [0.15, 0.2) is 48.7 Å². The average Bonchev–Trinajstić information content (AvgIpc) is 2.65. The van der Waals surface area contributed by atoms with Crippen LogP contribution in [0.4, 0.5) is 0 Å². The summed E-state index contributed by atoms with van der Waals surface area (Å²) < 4.78 is 5.06. The highest BCUT2D eigenvalue weighted by Gasteiger charge is 2.46. The number of hydrogen-bond acceptors (Lipinski definition) is 4. The molecule has 3 rings (SSSR count). The molecule has 1 aromatic heterocycles. The molecule has 1 aliphatic heterocycles. The molecular formula is C13H10ClNO3.